The Morgan fingerprint density at radius 2 is 2.09 bits per heavy atom. The lowest BCUT2D eigenvalue weighted by Crippen LogP contribution is -2.27. The van der Waals surface area contributed by atoms with Gasteiger partial charge in [0.15, 0.2) is 5.03 Å². The Balaban J connectivity index is 1.93. The number of ether oxygens (including phenoxy) is 1. The number of amides is 1. The summed E-state index contributed by atoms with van der Waals surface area (Å²) >= 11 is 0. The Labute approximate surface area is 133 Å². The van der Waals surface area contributed by atoms with E-state index in [1.165, 1.54) is 28.1 Å². The maximum atomic E-state index is 12.3. The Morgan fingerprint density at radius 3 is 2.78 bits per heavy atom. The SMILES string of the molecule is CN1CCOc2ccc(NS(=O)(=O)c3cn(C)cn3)cc2C1=O. The first kappa shape index (κ1) is 15.3. The van der Waals surface area contributed by atoms with Crippen molar-refractivity contribution in [3.05, 3.63) is 36.3 Å². The van der Waals surface area contributed by atoms with Gasteiger partial charge in [-0.25, -0.2) is 4.98 Å². The predicted octanol–water partition coefficient (Wildman–Crippen LogP) is 0.685. The van der Waals surface area contributed by atoms with Crippen molar-refractivity contribution in [3.8, 4) is 5.75 Å². The topological polar surface area (TPSA) is 93.5 Å². The number of carbonyl (C=O) groups excluding carboxylic acids is 1. The number of rotatable bonds is 3. The molecule has 0 fully saturated rings. The highest BCUT2D eigenvalue weighted by atomic mass is 32.2. The first-order valence-corrected chi connectivity index (χ1v) is 8.38. The molecule has 0 unspecified atom stereocenters. The Morgan fingerprint density at radius 1 is 1.30 bits per heavy atom. The number of aromatic nitrogens is 2. The van der Waals surface area contributed by atoms with Crippen molar-refractivity contribution in [2.45, 2.75) is 5.03 Å². The van der Waals surface area contributed by atoms with E-state index in [-0.39, 0.29) is 16.6 Å². The van der Waals surface area contributed by atoms with E-state index >= 15 is 0 Å². The first-order chi connectivity index (χ1) is 10.9. The van der Waals surface area contributed by atoms with Gasteiger partial charge in [0.25, 0.3) is 15.9 Å². The number of imidazole rings is 1. The largest absolute Gasteiger partial charge is 0.491 e. The highest BCUT2D eigenvalue weighted by Gasteiger charge is 2.23. The van der Waals surface area contributed by atoms with E-state index in [1.807, 2.05) is 0 Å². The highest BCUT2D eigenvalue weighted by molar-refractivity contribution is 7.92. The van der Waals surface area contributed by atoms with Gasteiger partial charge in [0.1, 0.15) is 12.4 Å². The van der Waals surface area contributed by atoms with Gasteiger partial charge in [0.2, 0.25) is 0 Å². The number of sulfonamides is 1. The van der Waals surface area contributed by atoms with Crippen LogP contribution in [0.5, 0.6) is 5.75 Å². The van der Waals surface area contributed by atoms with E-state index in [0.717, 1.165) is 0 Å². The maximum Gasteiger partial charge on any atom is 0.280 e. The summed E-state index contributed by atoms with van der Waals surface area (Å²) in [4.78, 5) is 17.6. The average Bonchev–Trinajstić information content (AvgIpc) is 2.89. The van der Waals surface area contributed by atoms with Gasteiger partial charge in [0, 0.05) is 26.0 Å². The second-order valence-electron chi connectivity index (χ2n) is 5.27. The number of carbonyl (C=O) groups is 1. The number of aryl methyl sites for hydroxylation is 1. The summed E-state index contributed by atoms with van der Waals surface area (Å²) in [6.07, 6.45) is 2.80. The minimum absolute atomic E-state index is 0.0883. The van der Waals surface area contributed by atoms with Crippen molar-refractivity contribution in [3.63, 3.8) is 0 Å². The zero-order chi connectivity index (χ0) is 16.6. The monoisotopic (exact) mass is 336 g/mol. The second-order valence-corrected chi connectivity index (χ2v) is 6.90. The van der Waals surface area contributed by atoms with E-state index in [9.17, 15) is 13.2 Å². The molecule has 0 saturated heterocycles. The molecule has 8 nitrogen and oxygen atoms in total. The number of anilines is 1. The molecule has 1 aromatic heterocycles. The molecule has 0 saturated carbocycles. The lowest BCUT2D eigenvalue weighted by molar-refractivity contribution is 0.0797. The molecule has 2 aromatic rings. The molecule has 2 heterocycles. The summed E-state index contributed by atoms with van der Waals surface area (Å²) in [6, 6.07) is 4.61. The smallest absolute Gasteiger partial charge is 0.280 e. The third-order valence-corrected chi connectivity index (χ3v) is 4.72. The predicted molar refractivity (Wildman–Crippen MR) is 82.9 cm³/mol. The molecule has 1 amide bonds. The van der Waals surface area contributed by atoms with Gasteiger partial charge >= 0.3 is 0 Å². The molecule has 1 aliphatic rings. The third kappa shape index (κ3) is 3.00. The van der Waals surface area contributed by atoms with Crippen LogP contribution in [-0.2, 0) is 17.1 Å². The molecule has 23 heavy (non-hydrogen) atoms. The molecule has 1 N–H and O–H groups in total. The molecule has 9 heteroatoms. The van der Waals surface area contributed by atoms with E-state index < -0.39 is 10.0 Å². The van der Waals surface area contributed by atoms with E-state index in [4.69, 9.17) is 4.74 Å². The molecule has 0 radical (unpaired) electrons. The van der Waals surface area contributed by atoms with Crippen molar-refractivity contribution in [2.24, 2.45) is 7.05 Å². The van der Waals surface area contributed by atoms with Crippen molar-refractivity contribution in [1.82, 2.24) is 14.5 Å². The number of nitrogens with one attached hydrogen (secondary N) is 1. The summed E-state index contributed by atoms with van der Waals surface area (Å²) in [5, 5.41) is -0.0883. The fourth-order valence-corrected chi connectivity index (χ4v) is 3.25. The molecule has 0 aliphatic carbocycles. The number of nitrogens with zero attached hydrogens (tertiary/aromatic N) is 3. The quantitative estimate of drug-likeness (QED) is 0.890. The van der Waals surface area contributed by atoms with Gasteiger partial charge in [-0.1, -0.05) is 0 Å². The Hall–Kier alpha value is -2.55. The standard InChI is InChI=1S/C14H16N4O4S/c1-17-8-13(15-9-17)23(20,21)16-10-3-4-12-11(7-10)14(19)18(2)5-6-22-12/h3-4,7-9,16H,5-6H2,1-2H3. The highest BCUT2D eigenvalue weighted by Crippen LogP contribution is 2.27. The number of fused-ring (bicyclic) bond motifs is 1. The van der Waals surface area contributed by atoms with E-state index in [0.29, 0.717) is 24.5 Å². The Bertz CT molecular complexity index is 859. The molecule has 3 rings (SSSR count). The lowest BCUT2D eigenvalue weighted by Gasteiger charge is -2.13. The van der Waals surface area contributed by atoms with Crippen molar-refractivity contribution < 1.29 is 17.9 Å². The fourth-order valence-electron chi connectivity index (χ4n) is 2.22. The van der Waals surface area contributed by atoms with Crippen LogP contribution in [0.2, 0.25) is 0 Å². The zero-order valence-electron chi connectivity index (χ0n) is 12.7. The summed E-state index contributed by atoms with van der Waals surface area (Å²) in [7, 11) is -0.454. The second kappa shape index (κ2) is 5.58. The van der Waals surface area contributed by atoms with Crippen LogP contribution in [0.15, 0.2) is 35.7 Å². The molecule has 1 aliphatic heterocycles. The summed E-state index contributed by atoms with van der Waals surface area (Å²) in [6.45, 7) is 0.872. The van der Waals surface area contributed by atoms with Crippen LogP contribution in [0.3, 0.4) is 0 Å². The van der Waals surface area contributed by atoms with Gasteiger partial charge in [-0.05, 0) is 18.2 Å². The van der Waals surface area contributed by atoms with Crippen LogP contribution >= 0.6 is 0 Å². The normalized spacial score (nSPS) is 14.9. The van der Waals surface area contributed by atoms with Crippen LogP contribution in [0, 0.1) is 0 Å². The van der Waals surface area contributed by atoms with Crippen LogP contribution in [0.1, 0.15) is 10.4 Å². The van der Waals surface area contributed by atoms with Crippen molar-refractivity contribution in [1.29, 1.82) is 0 Å². The molecular formula is C14H16N4O4S. The van der Waals surface area contributed by atoms with Crippen LogP contribution in [0.4, 0.5) is 5.69 Å². The molecule has 122 valence electrons. The van der Waals surface area contributed by atoms with Gasteiger partial charge in [0.05, 0.1) is 18.4 Å². The molecule has 0 bridgehead atoms. The zero-order valence-corrected chi connectivity index (χ0v) is 13.5. The van der Waals surface area contributed by atoms with Gasteiger partial charge in [-0.2, -0.15) is 8.42 Å². The Kier molecular flexibility index (Phi) is 3.72. The number of hydrogen-bond donors (Lipinski definition) is 1. The van der Waals surface area contributed by atoms with Crippen molar-refractivity contribution >= 4 is 21.6 Å². The number of likely N-dealkylation sites (N-methyl/N-ethyl adjacent to an activating group) is 1. The van der Waals surface area contributed by atoms with Crippen LogP contribution < -0.4 is 9.46 Å². The van der Waals surface area contributed by atoms with Crippen molar-refractivity contribution in [2.75, 3.05) is 24.9 Å². The fraction of sp³-hybridized carbons (Fsp3) is 0.286. The molecular weight excluding hydrogens is 320 g/mol. The van der Waals surface area contributed by atoms with Crippen LogP contribution in [-0.4, -0.2) is 49.0 Å². The van der Waals surface area contributed by atoms with Gasteiger partial charge in [-0.15, -0.1) is 0 Å². The minimum atomic E-state index is -3.81. The van der Waals surface area contributed by atoms with Crippen LogP contribution in [0.25, 0.3) is 0 Å². The number of benzene rings is 1. The third-order valence-electron chi connectivity index (χ3n) is 3.45. The summed E-state index contributed by atoms with van der Waals surface area (Å²) in [5.41, 5.74) is 0.605. The molecule has 1 aromatic carbocycles. The molecule has 0 atom stereocenters. The van der Waals surface area contributed by atoms with Gasteiger partial charge in [-0.3, -0.25) is 9.52 Å². The van der Waals surface area contributed by atoms with E-state index in [2.05, 4.69) is 9.71 Å². The minimum Gasteiger partial charge on any atom is -0.491 e. The summed E-state index contributed by atoms with van der Waals surface area (Å²) in [5.74, 6) is 0.233. The number of hydrogen-bond acceptors (Lipinski definition) is 5. The molecule has 0 spiro atoms. The average molecular weight is 336 g/mol. The van der Waals surface area contributed by atoms with E-state index in [1.54, 1.807) is 26.2 Å². The maximum absolute atomic E-state index is 12.3. The lowest BCUT2D eigenvalue weighted by atomic mass is 10.1. The van der Waals surface area contributed by atoms with Gasteiger partial charge < -0.3 is 14.2 Å². The summed E-state index contributed by atoms with van der Waals surface area (Å²) < 4.78 is 34.0. The first-order valence-electron chi connectivity index (χ1n) is 6.90.